The van der Waals surface area contributed by atoms with Gasteiger partial charge in [-0.25, -0.2) is 0 Å². The first-order valence-corrected chi connectivity index (χ1v) is 7.18. The Bertz CT molecular complexity index is 413. The number of nitrogens with zero attached hydrogens (tertiary/aromatic N) is 1. The number of thiophene rings is 1. The molecular formula is C14H20N2S. The summed E-state index contributed by atoms with van der Waals surface area (Å²) in [4.78, 5) is 4.00. The highest BCUT2D eigenvalue weighted by Crippen LogP contribution is 2.22. The van der Waals surface area contributed by atoms with Crippen LogP contribution in [0.2, 0.25) is 0 Å². The lowest BCUT2D eigenvalue weighted by Gasteiger charge is -2.32. The van der Waals surface area contributed by atoms with Gasteiger partial charge in [-0.1, -0.05) is 18.3 Å². The second kappa shape index (κ2) is 6.20. The molecule has 1 unspecified atom stereocenters. The molecule has 0 radical (unpaired) electrons. The van der Waals surface area contributed by atoms with E-state index in [-0.39, 0.29) is 0 Å². The smallest absolute Gasteiger partial charge is 0.0555 e. The fourth-order valence-corrected chi connectivity index (χ4v) is 3.12. The lowest BCUT2D eigenvalue weighted by atomic mass is 10.0. The predicted octanol–water partition coefficient (Wildman–Crippen LogP) is 2.43. The van der Waals surface area contributed by atoms with Crippen molar-refractivity contribution in [2.24, 2.45) is 5.73 Å². The predicted molar refractivity (Wildman–Crippen MR) is 74.0 cm³/mol. The van der Waals surface area contributed by atoms with Gasteiger partial charge in [0.15, 0.2) is 0 Å². The van der Waals surface area contributed by atoms with E-state index in [1.165, 1.54) is 30.7 Å². The van der Waals surface area contributed by atoms with Gasteiger partial charge < -0.3 is 5.73 Å². The van der Waals surface area contributed by atoms with E-state index >= 15 is 0 Å². The highest BCUT2D eigenvalue weighted by Gasteiger charge is 2.18. The van der Waals surface area contributed by atoms with Crippen LogP contribution in [0.4, 0.5) is 0 Å². The molecule has 0 bridgehead atoms. The van der Waals surface area contributed by atoms with Crippen molar-refractivity contribution in [2.45, 2.75) is 38.8 Å². The van der Waals surface area contributed by atoms with Gasteiger partial charge in [-0.15, -0.1) is 11.3 Å². The van der Waals surface area contributed by atoms with E-state index in [2.05, 4.69) is 35.1 Å². The molecule has 1 aliphatic heterocycles. The van der Waals surface area contributed by atoms with Crippen LogP contribution in [0.3, 0.4) is 0 Å². The average Bonchev–Trinajstić information content (AvgIpc) is 2.77. The van der Waals surface area contributed by atoms with E-state index in [1.54, 1.807) is 0 Å². The van der Waals surface area contributed by atoms with Gasteiger partial charge in [-0.05, 0) is 32.4 Å². The Hall–Kier alpha value is -0.820. The van der Waals surface area contributed by atoms with E-state index in [9.17, 15) is 0 Å². The van der Waals surface area contributed by atoms with Crippen LogP contribution in [0.15, 0.2) is 11.4 Å². The zero-order chi connectivity index (χ0) is 12.1. The Morgan fingerprint density at radius 1 is 1.53 bits per heavy atom. The Kier molecular flexibility index (Phi) is 4.61. The van der Waals surface area contributed by atoms with Crippen LogP contribution in [0, 0.1) is 11.8 Å². The van der Waals surface area contributed by atoms with Crippen LogP contribution in [0.5, 0.6) is 0 Å². The first kappa shape index (κ1) is 12.6. The van der Waals surface area contributed by atoms with Crippen molar-refractivity contribution >= 4 is 11.3 Å². The van der Waals surface area contributed by atoms with Crippen molar-refractivity contribution in [2.75, 3.05) is 13.1 Å². The van der Waals surface area contributed by atoms with Gasteiger partial charge in [0.05, 0.1) is 6.54 Å². The number of likely N-dealkylation sites (tertiary alicyclic amines) is 1. The highest BCUT2D eigenvalue weighted by molar-refractivity contribution is 7.10. The first-order valence-electron chi connectivity index (χ1n) is 6.30. The standard InChI is InChI=1S/C14H20N2S/c1-12-5-2-3-8-16(12)10-14-9-13(11-17-14)6-4-7-15/h9,11-12H,2-3,5,7-8,10,15H2,1H3. The van der Waals surface area contributed by atoms with Gasteiger partial charge in [0.2, 0.25) is 0 Å². The molecule has 0 aliphatic carbocycles. The third kappa shape index (κ3) is 3.57. The molecule has 2 N–H and O–H groups in total. The van der Waals surface area contributed by atoms with Crippen molar-refractivity contribution in [3.63, 3.8) is 0 Å². The molecule has 2 nitrogen and oxygen atoms in total. The van der Waals surface area contributed by atoms with Crippen molar-refractivity contribution in [3.8, 4) is 11.8 Å². The molecule has 0 aromatic carbocycles. The largest absolute Gasteiger partial charge is 0.320 e. The van der Waals surface area contributed by atoms with E-state index < -0.39 is 0 Å². The van der Waals surface area contributed by atoms with Crippen molar-refractivity contribution in [3.05, 3.63) is 21.9 Å². The maximum absolute atomic E-state index is 5.37. The molecule has 17 heavy (non-hydrogen) atoms. The summed E-state index contributed by atoms with van der Waals surface area (Å²) < 4.78 is 0. The fraction of sp³-hybridized carbons (Fsp3) is 0.571. The van der Waals surface area contributed by atoms with Gasteiger partial charge in [-0.2, -0.15) is 0 Å². The quantitative estimate of drug-likeness (QED) is 0.815. The molecule has 0 spiro atoms. The second-order valence-corrected chi connectivity index (χ2v) is 5.62. The molecule has 0 amide bonds. The van der Waals surface area contributed by atoms with E-state index in [0.29, 0.717) is 6.54 Å². The van der Waals surface area contributed by atoms with Crippen molar-refractivity contribution < 1.29 is 0 Å². The number of hydrogen-bond donors (Lipinski definition) is 1. The summed E-state index contributed by atoms with van der Waals surface area (Å²) in [6.07, 6.45) is 4.07. The third-order valence-electron chi connectivity index (χ3n) is 3.29. The van der Waals surface area contributed by atoms with Crippen LogP contribution in [0.1, 0.15) is 36.6 Å². The molecule has 92 valence electrons. The van der Waals surface area contributed by atoms with Crippen molar-refractivity contribution in [1.82, 2.24) is 4.90 Å². The Morgan fingerprint density at radius 3 is 3.18 bits per heavy atom. The summed E-state index contributed by atoms with van der Waals surface area (Å²) in [5.41, 5.74) is 6.48. The van der Waals surface area contributed by atoms with Gasteiger partial charge in [0.1, 0.15) is 0 Å². The minimum Gasteiger partial charge on any atom is -0.320 e. The summed E-state index contributed by atoms with van der Waals surface area (Å²) in [5.74, 6) is 5.99. The summed E-state index contributed by atoms with van der Waals surface area (Å²) in [6, 6.07) is 2.93. The molecule has 1 aromatic rings. The SMILES string of the molecule is CC1CCCCN1Cc1cc(C#CCN)cs1. The van der Waals surface area contributed by atoms with Crippen LogP contribution >= 0.6 is 11.3 Å². The molecular weight excluding hydrogens is 228 g/mol. The molecule has 2 rings (SSSR count). The van der Waals surface area contributed by atoms with E-state index in [1.807, 2.05) is 11.3 Å². The first-order chi connectivity index (χ1) is 8.29. The van der Waals surface area contributed by atoms with Gasteiger partial charge in [-0.3, -0.25) is 4.90 Å². The lowest BCUT2D eigenvalue weighted by molar-refractivity contribution is 0.154. The molecule has 2 heterocycles. The maximum atomic E-state index is 5.37. The molecule has 1 aliphatic rings. The third-order valence-corrected chi connectivity index (χ3v) is 4.21. The van der Waals surface area contributed by atoms with Gasteiger partial charge in [0, 0.05) is 28.4 Å². The fourth-order valence-electron chi connectivity index (χ4n) is 2.27. The number of piperidine rings is 1. The van der Waals surface area contributed by atoms with Crippen LogP contribution in [-0.2, 0) is 6.54 Å². The summed E-state index contributed by atoms with van der Waals surface area (Å²) >= 11 is 1.81. The van der Waals surface area contributed by atoms with Crippen LogP contribution < -0.4 is 5.73 Å². The van der Waals surface area contributed by atoms with Crippen LogP contribution in [-0.4, -0.2) is 24.0 Å². The second-order valence-electron chi connectivity index (χ2n) is 4.62. The maximum Gasteiger partial charge on any atom is 0.0555 e. The zero-order valence-electron chi connectivity index (χ0n) is 10.4. The minimum atomic E-state index is 0.439. The Balaban J connectivity index is 1.96. The Labute approximate surface area is 108 Å². The van der Waals surface area contributed by atoms with E-state index in [4.69, 9.17) is 5.73 Å². The molecule has 3 heteroatoms. The number of rotatable bonds is 2. The molecule has 1 fully saturated rings. The van der Waals surface area contributed by atoms with Crippen molar-refractivity contribution in [1.29, 1.82) is 0 Å². The highest BCUT2D eigenvalue weighted by atomic mass is 32.1. The average molecular weight is 248 g/mol. The molecule has 1 saturated heterocycles. The zero-order valence-corrected chi connectivity index (χ0v) is 11.2. The van der Waals surface area contributed by atoms with Crippen LogP contribution in [0.25, 0.3) is 0 Å². The van der Waals surface area contributed by atoms with E-state index in [0.717, 1.165) is 18.2 Å². The summed E-state index contributed by atoms with van der Waals surface area (Å²) in [6.45, 7) is 5.09. The molecule has 1 atom stereocenters. The lowest BCUT2D eigenvalue weighted by Crippen LogP contribution is -2.36. The molecule has 1 aromatic heterocycles. The minimum absolute atomic E-state index is 0.439. The van der Waals surface area contributed by atoms with Gasteiger partial charge in [0.25, 0.3) is 0 Å². The Morgan fingerprint density at radius 2 is 2.41 bits per heavy atom. The number of nitrogens with two attached hydrogens (primary N) is 1. The van der Waals surface area contributed by atoms with Gasteiger partial charge >= 0.3 is 0 Å². The molecule has 0 saturated carbocycles. The normalized spacial score (nSPS) is 20.9. The topological polar surface area (TPSA) is 29.3 Å². The number of hydrogen-bond acceptors (Lipinski definition) is 3. The summed E-state index contributed by atoms with van der Waals surface area (Å²) in [7, 11) is 0. The monoisotopic (exact) mass is 248 g/mol. The summed E-state index contributed by atoms with van der Waals surface area (Å²) in [5, 5.41) is 2.13.